The molecule has 0 aliphatic heterocycles. The topological polar surface area (TPSA) is 39.8 Å². The molecular weight excluding hydrogens is 622 g/mol. The maximum atomic E-state index is 6.51. The number of rotatable bonds is 22. The molecule has 0 aliphatic rings. The van der Waals surface area contributed by atoms with Crippen LogP contribution in [0.1, 0.15) is 79.2 Å². The van der Waals surface area contributed by atoms with Crippen LogP contribution in [0.25, 0.3) is 0 Å². The summed E-state index contributed by atoms with van der Waals surface area (Å²) in [5, 5.41) is 7.31. The third-order valence-corrected chi connectivity index (χ3v) is 7.16. The van der Waals surface area contributed by atoms with Crippen molar-refractivity contribution in [3.05, 3.63) is 64.2 Å². The molecule has 0 aromatic heterocycles. The van der Waals surface area contributed by atoms with E-state index in [-0.39, 0.29) is 49.6 Å². The minimum absolute atomic E-state index is 0. The van der Waals surface area contributed by atoms with Gasteiger partial charge in [0.15, 0.2) is 0 Å². The van der Waals surface area contributed by atoms with E-state index in [0.717, 1.165) is 70.9 Å². The molecule has 9 heteroatoms. The minimum Gasteiger partial charge on any atom is -0.493 e. The molecular formula is C34H62Cl4N4O. The monoisotopic (exact) mass is 682 g/mol. The largest absolute Gasteiger partial charge is 0.493 e. The van der Waals surface area contributed by atoms with E-state index in [1.54, 1.807) is 0 Å². The summed E-state index contributed by atoms with van der Waals surface area (Å²) in [5.41, 5.74) is 6.71. The second-order valence-corrected chi connectivity index (χ2v) is 11.8. The number of nitrogens with one attached hydrogen (secondary N) is 2. The first-order valence-corrected chi connectivity index (χ1v) is 15.4. The van der Waals surface area contributed by atoms with E-state index in [2.05, 4.69) is 98.9 Å². The summed E-state index contributed by atoms with van der Waals surface area (Å²) >= 11 is 0. The number of ether oxygens (including phenoxy) is 1. The molecule has 0 atom stereocenters. The fourth-order valence-corrected chi connectivity index (χ4v) is 4.93. The lowest BCUT2D eigenvalue weighted by Crippen LogP contribution is -2.23. The Kier molecular flexibility index (Phi) is 31.1. The quantitative estimate of drug-likeness (QED) is 0.123. The van der Waals surface area contributed by atoms with E-state index in [1.165, 1.54) is 66.3 Å². The van der Waals surface area contributed by atoms with Crippen LogP contribution in [0, 0.1) is 13.8 Å². The second-order valence-electron chi connectivity index (χ2n) is 11.8. The molecule has 0 unspecified atom stereocenters. The molecule has 0 amide bonds. The van der Waals surface area contributed by atoms with Crippen molar-refractivity contribution in [2.24, 2.45) is 0 Å². The Labute approximate surface area is 289 Å². The van der Waals surface area contributed by atoms with Crippen LogP contribution in [0.2, 0.25) is 0 Å². The van der Waals surface area contributed by atoms with Crippen LogP contribution in [0.5, 0.6) is 5.75 Å². The third kappa shape index (κ3) is 22.4. The first-order chi connectivity index (χ1) is 18.8. The summed E-state index contributed by atoms with van der Waals surface area (Å²) in [4.78, 5) is 4.49. The summed E-state index contributed by atoms with van der Waals surface area (Å²) in [6.07, 6.45) is 11.1. The number of hydrogen-bond acceptors (Lipinski definition) is 5. The van der Waals surface area contributed by atoms with Crippen molar-refractivity contribution in [3.63, 3.8) is 0 Å². The van der Waals surface area contributed by atoms with Gasteiger partial charge in [-0.05, 0) is 106 Å². The number of unbranched alkanes of at least 4 members (excludes halogenated alkanes) is 5. The Balaban J connectivity index is -0.00000400. The predicted molar refractivity (Wildman–Crippen MR) is 198 cm³/mol. The lowest BCUT2D eigenvalue weighted by molar-refractivity contribution is 0.296. The molecule has 2 aromatic carbocycles. The molecule has 0 bridgehead atoms. The Morgan fingerprint density at radius 3 is 1.53 bits per heavy atom. The van der Waals surface area contributed by atoms with Gasteiger partial charge in [0.05, 0.1) is 6.61 Å². The van der Waals surface area contributed by atoms with Gasteiger partial charge in [-0.25, -0.2) is 0 Å². The fraction of sp³-hybridized carbons (Fsp3) is 0.647. The Morgan fingerprint density at radius 1 is 0.581 bits per heavy atom. The van der Waals surface area contributed by atoms with Crippen molar-refractivity contribution in [1.82, 2.24) is 20.4 Å². The first-order valence-electron chi connectivity index (χ1n) is 15.4. The van der Waals surface area contributed by atoms with Gasteiger partial charge in [-0.2, -0.15) is 0 Å². The minimum atomic E-state index is 0. The average Bonchev–Trinajstić information content (AvgIpc) is 2.89. The van der Waals surface area contributed by atoms with Gasteiger partial charge in [-0.1, -0.05) is 73.2 Å². The lowest BCUT2D eigenvalue weighted by atomic mass is 10.0. The molecule has 2 aromatic rings. The van der Waals surface area contributed by atoms with Crippen molar-refractivity contribution < 1.29 is 4.74 Å². The molecule has 252 valence electrons. The van der Waals surface area contributed by atoms with Crippen molar-refractivity contribution in [3.8, 4) is 5.75 Å². The third-order valence-electron chi connectivity index (χ3n) is 7.16. The summed E-state index contributed by atoms with van der Waals surface area (Å²) in [5.74, 6) is 1.10. The maximum Gasteiger partial charge on any atom is 0.128 e. The number of hydrogen-bond donors (Lipinski definition) is 2. The Hall–Kier alpha value is -0.760. The van der Waals surface area contributed by atoms with Crippen LogP contribution in [-0.2, 0) is 19.5 Å². The van der Waals surface area contributed by atoms with E-state index in [9.17, 15) is 0 Å². The van der Waals surface area contributed by atoms with Crippen molar-refractivity contribution in [2.75, 3.05) is 61.0 Å². The first kappa shape index (κ1) is 46.7. The highest BCUT2D eigenvalue weighted by Gasteiger charge is 2.12. The average molecular weight is 685 g/mol. The number of benzene rings is 2. The zero-order valence-electron chi connectivity index (χ0n) is 27.7. The van der Waals surface area contributed by atoms with Crippen LogP contribution < -0.4 is 15.4 Å². The Morgan fingerprint density at radius 2 is 1.05 bits per heavy atom. The van der Waals surface area contributed by atoms with Crippen molar-refractivity contribution >= 4 is 49.6 Å². The van der Waals surface area contributed by atoms with E-state index < -0.39 is 0 Å². The summed E-state index contributed by atoms with van der Waals surface area (Å²) < 4.78 is 6.51. The normalized spacial score (nSPS) is 10.5. The zero-order valence-corrected chi connectivity index (χ0v) is 31.0. The zero-order chi connectivity index (χ0) is 28.3. The molecule has 0 fully saturated rings. The van der Waals surface area contributed by atoms with Crippen molar-refractivity contribution in [1.29, 1.82) is 0 Å². The highest BCUT2D eigenvalue weighted by molar-refractivity contribution is 5.86. The van der Waals surface area contributed by atoms with Gasteiger partial charge >= 0.3 is 0 Å². The van der Waals surface area contributed by atoms with E-state index >= 15 is 0 Å². The standard InChI is InChI=1S/C34H58N4O.4ClH/c1-29-16-18-31(19-17-29)15-11-9-7-8-10-12-24-39-34-32(27-35-20-13-22-37(3)4)25-30(2)26-33(34)28-36-21-14-23-38(5)6;;;;/h16-19,25-26,35-36H,7-15,20-24,27-28H2,1-6H3;4*1H. The van der Waals surface area contributed by atoms with Crippen molar-refractivity contribution in [2.45, 2.75) is 84.7 Å². The number of aryl methyl sites for hydroxylation is 3. The highest BCUT2D eigenvalue weighted by atomic mass is 35.5. The maximum absolute atomic E-state index is 6.51. The Bertz CT molecular complexity index is 875. The lowest BCUT2D eigenvalue weighted by Gasteiger charge is -2.19. The number of nitrogens with zero attached hydrogens (tertiary/aromatic N) is 2. The van der Waals surface area contributed by atoms with Gasteiger partial charge in [-0.3, -0.25) is 0 Å². The molecule has 5 nitrogen and oxygen atoms in total. The van der Waals surface area contributed by atoms with Gasteiger partial charge in [0.25, 0.3) is 0 Å². The van der Waals surface area contributed by atoms with Gasteiger partial charge in [0.2, 0.25) is 0 Å². The molecule has 43 heavy (non-hydrogen) atoms. The highest BCUT2D eigenvalue weighted by Crippen LogP contribution is 2.27. The second kappa shape index (κ2) is 28.7. The van der Waals surface area contributed by atoms with E-state index in [1.807, 2.05) is 0 Å². The van der Waals surface area contributed by atoms with Gasteiger partial charge in [-0.15, -0.1) is 49.6 Å². The summed E-state index contributed by atoms with van der Waals surface area (Å²) in [6.45, 7) is 11.1. The van der Waals surface area contributed by atoms with Crippen LogP contribution >= 0.6 is 49.6 Å². The molecule has 0 radical (unpaired) electrons. The molecule has 0 heterocycles. The van der Waals surface area contributed by atoms with Crippen LogP contribution in [0.15, 0.2) is 36.4 Å². The van der Waals surface area contributed by atoms with Gasteiger partial charge in [0, 0.05) is 24.2 Å². The molecule has 2 N–H and O–H groups in total. The number of halogens is 4. The molecule has 2 rings (SSSR count). The smallest absolute Gasteiger partial charge is 0.128 e. The molecule has 0 saturated carbocycles. The molecule has 0 saturated heterocycles. The van der Waals surface area contributed by atoms with Gasteiger partial charge < -0.3 is 25.2 Å². The van der Waals surface area contributed by atoms with Crippen LogP contribution in [-0.4, -0.2) is 70.8 Å². The fourth-order valence-electron chi connectivity index (χ4n) is 4.93. The predicted octanol–water partition coefficient (Wildman–Crippen LogP) is 8.04. The van der Waals surface area contributed by atoms with E-state index in [0.29, 0.717) is 0 Å². The summed E-state index contributed by atoms with van der Waals surface area (Å²) in [6, 6.07) is 13.6. The summed E-state index contributed by atoms with van der Waals surface area (Å²) in [7, 11) is 8.54. The van der Waals surface area contributed by atoms with E-state index in [4.69, 9.17) is 4.74 Å². The molecule has 0 spiro atoms. The van der Waals surface area contributed by atoms with Crippen LogP contribution in [0.4, 0.5) is 0 Å². The van der Waals surface area contributed by atoms with Crippen LogP contribution in [0.3, 0.4) is 0 Å². The SMILES string of the molecule is Cc1ccc(CCCCCCCCOc2c(CNCCCN(C)C)cc(C)cc2CNCCCN(C)C)cc1.Cl.Cl.Cl.Cl. The van der Waals surface area contributed by atoms with Gasteiger partial charge in [0.1, 0.15) is 5.75 Å². The molecule has 0 aliphatic carbocycles.